The van der Waals surface area contributed by atoms with Crippen molar-refractivity contribution in [3.8, 4) is 0 Å². The first kappa shape index (κ1) is 19.4. The third-order valence-corrected chi connectivity index (χ3v) is 9.32. The molecule has 1 unspecified atom stereocenters. The van der Waals surface area contributed by atoms with E-state index in [9.17, 15) is 4.79 Å². The van der Waals surface area contributed by atoms with E-state index in [4.69, 9.17) is 10.6 Å². The molecule has 4 aliphatic carbocycles. The Labute approximate surface area is 164 Å². The molecule has 27 heavy (non-hydrogen) atoms. The molecule has 7 atom stereocenters. The highest BCUT2D eigenvalue weighted by Gasteiger charge is 2.61. The normalized spacial score (nSPS) is 48.1. The van der Waals surface area contributed by atoms with Crippen molar-refractivity contribution in [2.75, 3.05) is 13.2 Å². The Hall–Kier alpha value is -0.900. The van der Waals surface area contributed by atoms with Crippen molar-refractivity contribution in [2.45, 2.75) is 78.6 Å². The molecule has 4 saturated carbocycles. The van der Waals surface area contributed by atoms with Crippen molar-refractivity contribution in [1.29, 1.82) is 0 Å². The van der Waals surface area contributed by atoms with Gasteiger partial charge in [-0.05, 0) is 80.5 Å². The molecule has 152 valence electrons. The molecular weight excluding hydrogens is 336 g/mol. The maximum Gasteiger partial charge on any atom is 0.139 e. The Morgan fingerprint density at radius 2 is 1.89 bits per heavy atom. The number of hydrogen-bond donors (Lipinski definition) is 1. The van der Waals surface area contributed by atoms with Crippen LogP contribution in [0.3, 0.4) is 0 Å². The molecule has 0 bridgehead atoms. The summed E-state index contributed by atoms with van der Waals surface area (Å²) < 4.78 is 0. The Kier molecular flexibility index (Phi) is 5.15. The highest BCUT2D eigenvalue weighted by molar-refractivity contribution is 5.88. The Bertz CT molecular complexity index is 617. The van der Waals surface area contributed by atoms with E-state index >= 15 is 0 Å². The number of rotatable bonds is 4. The maximum absolute atomic E-state index is 12.6. The first-order valence-electron chi connectivity index (χ1n) is 11.4. The summed E-state index contributed by atoms with van der Waals surface area (Å²) in [5, 5.41) is 4.52. The second-order valence-corrected chi connectivity index (χ2v) is 10.2. The van der Waals surface area contributed by atoms with Crippen LogP contribution < -0.4 is 5.73 Å². The van der Waals surface area contributed by atoms with Gasteiger partial charge in [-0.2, -0.15) is 0 Å². The smallest absolute Gasteiger partial charge is 0.139 e. The topological polar surface area (TPSA) is 64.7 Å². The van der Waals surface area contributed by atoms with Crippen molar-refractivity contribution in [3.63, 3.8) is 0 Å². The molecule has 0 aromatic carbocycles. The zero-order valence-corrected chi connectivity index (χ0v) is 17.5. The largest absolute Gasteiger partial charge is 0.394 e. The van der Waals surface area contributed by atoms with Crippen LogP contribution in [-0.2, 0) is 9.63 Å². The zero-order valence-electron chi connectivity index (χ0n) is 17.5. The summed E-state index contributed by atoms with van der Waals surface area (Å²) in [5.41, 5.74) is 7.24. The number of carbonyl (C=O) groups is 1. The monoisotopic (exact) mass is 374 g/mol. The lowest BCUT2D eigenvalue weighted by atomic mass is 9.43. The predicted molar refractivity (Wildman–Crippen MR) is 108 cm³/mol. The van der Waals surface area contributed by atoms with Gasteiger partial charge in [-0.15, -0.1) is 0 Å². The average molecular weight is 375 g/mol. The Balaban J connectivity index is 1.58. The summed E-state index contributed by atoms with van der Waals surface area (Å²) in [6.45, 7) is 8.22. The van der Waals surface area contributed by atoms with Crippen LogP contribution in [0.25, 0.3) is 0 Å². The van der Waals surface area contributed by atoms with Gasteiger partial charge < -0.3 is 10.6 Å². The van der Waals surface area contributed by atoms with E-state index in [0.717, 1.165) is 49.9 Å². The fraction of sp³-hybridized carbons (Fsp3) is 0.913. The summed E-state index contributed by atoms with van der Waals surface area (Å²) in [6, 6.07) is 0. The van der Waals surface area contributed by atoms with Crippen molar-refractivity contribution in [1.82, 2.24) is 0 Å². The van der Waals surface area contributed by atoms with Gasteiger partial charge in [0.05, 0.1) is 5.71 Å². The molecule has 0 spiro atoms. The van der Waals surface area contributed by atoms with Crippen LogP contribution in [0, 0.1) is 40.4 Å². The van der Waals surface area contributed by atoms with E-state index in [1.54, 1.807) is 0 Å². The number of oxime groups is 1. The predicted octanol–water partition coefficient (Wildman–Crippen LogP) is 4.57. The molecule has 4 fully saturated rings. The Morgan fingerprint density at radius 3 is 2.63 bits per heavy atom. The standard InChI is InChI=1S/C23H38N2O2/c1-4-15-17-6-5-16-18-7-8-21(26)23(18,3)11-9-19(16)22(17,2)12-10-20(15)25-27-14-13-24/h15-19H,4-14,24H2,1-3H3/b25-20-/t15-,16+,17?,18+,19+,22+,23+/m1/s1. The van der Waals surface area contributed by atoms with Crippen LogP contribution in [0.15, 0.2) is 5.16 Å². The van der Waals surface area contributed by atoms with E-state index in [2.05, 4.69) is 25.9 Å². The number of nitrogens with zero attached hydrogens (tertiary/aromatic N) is 1. The van der Waals surface area contributed by atoms with Crippen LogP contribution in [0.1, 0.15) is 78.6 Å². The second kappa shape index (κ2) is 7.17. The molecule has 0 aromatic rings. The fourth-order valence-electron chi connectivity index (χ4n) is 7.92. The van der Waals surface area contributed by atoms with Crippen LogP contribution in [0.5, 0.6) is 0 Å². The van der Waals surface area contributed by atoms with Gasteiger partial charge in [-0.3, -0.25) is 4.79 Å². The third-order valence-electron chi connectivity index (χ3n) is 9.32. The summed E-state index contributed by atoms with van der Waals surface area (Å²) >= 11 is 0. The lowest BCUT2D eigenvalue weighted by Gasteiger charge is -2.61. The molecule has 0 aliphatic heterocycles. The van der Waals surface area contributed by atoms with Gasteiger partial charge in [0, 0.05) is 24.3 Å². The molecule has 0 aromatic heterocycles. The molecule has 0 heterocycles. The van der Waals surface area contributed by atoms with Gasteiger partial charge >= 0.3 is 0 Å². The summed E-state index contributed by atoms with van der Waals surface area (Å²) in [7, 11) is 0. The molecule has 0 amide bonds. The van der Waals surface area contributed by atoms with Gasteiger partial charge in [0.25, 0.3) is 0 Å². The minimum Gasteiger partial charge on any atom is -0.394 e. The summed E-state index contributed by atoms with van der Waals surface area (Å²) in [6.07, 6.45) is 10.4. The highest BCUT2D eigenvalue weighted by Crippen LogP contribution is 2.66. The summed E-state index contributed by atoms with van der Waals surface area (Å²) in [5.74, 6) is 4.03. The molecule has 2 N–H and O–H groups in total. The molecule has 4 aliphatic rings. The lowest BCUT2D eigenvalue weighted by Crippen LogP contribution is -2.56. The molecule has 4 heteroatoms. The quantitative estimate of drug-likeness (QED) is 0.579. The van der Waals surface area contributed by atoms with Gasteiger partial charge in [-0.1, -0.05) is 25.9 Å². The van der Waals surface area contributed by atoms with E-state index in [1.165, 1.54) is 31.4 Å². The number of nitrogens with two attached hydrogens (primary N) is 1. The second-order valence-electron chi connectivity index (χ2n) is 10.2. The number of Topliss-reactive ketones (excluding diaryl/α,β-unsaturated/α-hetero) is 1. The van der Waals surface area contributed by atoms with Crippen molar-refractivity contribution in [2.24, 2.45) is 51.3 Å². The zero-order chi connectivity index (χ0) is 19.2. The van der Waals surface area contributed by atoms with Crippen molar-refractivity contribution in [3.05, 3.63) is 0 Å². The SMILES string of the molecule is CC[C@H]1/C(=N\OCCN)CC[C@@]2(C)C1CC[C@@H]1[C@@H]2CC[C@]2(C)C(=O)CC[C@@H]12. The molecule has 0 radical (unpaired) electrons. The molecular formula is C23H38N2O2. The van der Waals surface area contributed by atoms with Crippen LogP contribution in [0.2, 0.25) is 0 Å². The number of ketones is 1. The lowest BCUT2D eigenvalue weighted by molar-refractivity contribution is -0.138. The molecule has 4 rings (SSSR count). The Morgan fingerprint density at radius 1 is 1.07 bits per heavy atom. The van der Waals surface area contributed by atoms with Gasteiger partial charge in [0.2, 0.25) is 0 Å². The maximum atomic E-state index is 12.6. The van der Waals surface area contributed by atoms with Crippen LogP contribution in [0.4, 0.5) is 0 Å². The molecule has 0 saturated heterocycles. The number of carbonyl (C=O) groups excluding carboxylic acids is 1. The minimum atomic E-state index is -0.00807. The number of fused-ring (bicyclic) bond motifs is 5. The fourth-order valence-corrected chi connectivity index (χ4v) is 7.92. The average Bonchev–Trinajstić information content (AvgIpc) is 2.97. The van der Waals surface area contributed by atoms with E-state index in [1.807, 2.05) is 0 Å². The van der Waals surface area contributed by atoms with Crippen molar-refractivity contribution < 1.29 is 9.63 Å². The van der Waals surface area contributed by atoms with Gasteiger partial charge in [0.1, 0.15) is 12.4 Å². The highest BCUT2D eigenvalue weighted by atomic mass is 16.6. The van der Waals surface area contributed by atoms with E-state index in [-0.39, 0.29) is 5.41 Å². The van der Waals surface area contributed by atoms with E-state index < -0.39 is 0 Å². The van der Waals surface area contributed by atoms with Crippen molar-refractivity contribution >= 4 is 11.5 Å². The van der Waals surface area contributed by atoms with Gasteiger partial charge in [0.15, 0.2) is 0 Å². The first-order chi connectivity index (χ1) is 13.0. The third kappa shape index (κ3) is 2.89. The molecule has 4 nitrogen and oxygen atoms in total. The first-order valence-corrected chi connectivity index (χ1v) is 11.4. The minimum absolute atomic E-state index is 0.00807. The van der Waals surface area contributed by atoms with Crippen LogP contribution in [-0.4, -0.2) is 24.6 Å². The summed E-state index contributed by atoms with van der Waals surface area (Å²) in [4.78, 5) is 18.1. The van der Waals surface area contributed by atoms with E-state index in [0.29, 0.717) is 36.2 Å². The van der Waals surface area contributed by atoms with Crippen LogP contribution >= 0.6 is 0 Å². The number of hydrogen-bond acceptors (Lipinski definition) is 4. The van der Waals surface area contributed by atoms with Gasteiger partial charge in [-0.25, -0.2) is 0 Å².